The molecule has 19 heavy (non-hydrogen) atoms. The van der Waals surface area contributed by atoms with E-state index in [2.05, 4.69) is 10.6 Å². The van der Waals surface area contributed by atoms with E-state index >= 15 is 0 Å². The lowest BCUT2D eigenvalue weighted by Crippen LogP contribution is -2.47. The van der Waals surface area contributed by atoms with E-state index in [-0.39, 0.29) is 30.4 Å². The van der Waals surface area contributed by atoms with E-state index in [1.807, 2.05) is 20.8 Å². The lowest BCUT2D eigenvalue weighted by Gasteiger charge is -2.27. The van der Waals surface area contributed by atoms with E-state index in [0.29, 0.717) is 26.2 Å². The summed E-state index contributed by atoms with van der Waals surface area (Å²) in [5.74, 6) is -0.123. The molecule has 1 heterocycles. The van der Waals surface area contributed by atoms with E-state index in [4.69, 9.17) is 4.74 Å². The number of hydrogen-bond donors (Lipinski definition) is 2. The molecule has 0 bridgehead atoms. The highest BCUT2D eigenvalue weighted by atomic mass is 16.5. The van der Waals surface area contributed by atoms with Crippen LogP contribution in [0.2, 0.25) is 0 Å². The Bertz CT molecular complexity index is 302. The van der Waals surface area contributed by atoms with Gasteiger partial charge < -0.3 is 20.3 Å². The van der Waals surface area contributed by atoms with Crippen molar-refractivity contribution in [3.05, 3.63) is 0 Å². The van der Waals surface area contributed by atoms with Crippen LogP contribution in [-0.4, -0.2) is 61.6 Å². The molecule has 2 amide bonds. The number of amides is 2. The first-order valence-corrected chi connectivity index (χ1v) is 6.91. The summed E-state index contributed by atoms with van der Waals surface area (Å²) in [5.41, 5.74) is 0. The maximum absolute atomic E-state index is 12.1. The summed E-state index contributed by atoms with van der Waals surface area (Å²) in [5, 5.41) is 6.03. The Morgan fingerprint density at radius 3 is 2.74 bits per heavy atom. The molecular weight excluding hydrogens is 246 g/mol. The Balaban J connectivity index is 2.39. The zero-order valence-corrected chi connectivity index (χ0v) is 12.1. The fourth-order valence-electron chi connectivity index (χ4n) is 2.01. The van der Waals surface area contributed by atoms with Crippen LogP contribution in [0.25, 0.3) is 0 Å². The highest BCUT2D eigenvalue weighted by Crippen LogP contribution is 2.03. The molecule has 1 atom stereocenters. The molecule has 0 radical (unpaired) electrons. The zero-order valence-electron chi connectivity index (χ0n) is 12.1. The van der Waals surface area contributed by atoms with Gasteiger partial charge in [0.1, 0.15) is 0 Å². The van der Waals surface area contributed by atoms with Gasteiger partial charge in [0.2, 0.25) is 11.8 Å². The zero-order chi connectivity index (χ0) is 14.3. The lowest BCUT2D eigenvalue weighted by molar-refractivity contribution is -0.137. The Labute approximate surface area is 114 Å². The molecule has 1 aliphatic heterocycles. The minimum Gasteiger partial charge on any atom is -0.378 e. The van der Waals surface area contributed by atoms with Gasteiger partial charge >= 0.3 is 0 Å². The van der Waals surface area contributed by atoms with Crippen LogP contribution in [-0.2, 0) is 14.3 Å². The van der Waals surface area contributed by atoms with Crippen LogP contribution < -0.4 is 10.6 Å². The molecule has 1 aliphatic rings. The van der Waals surface area contributed by atoms with Gasteiger partial charge in [0.25, 0.3) is 0 Å². The highest BCUT2D eigenvalue weighted by molar-refractivity contribution is 5.85. The second-order valence-electron chi connectivity index (χ2n) is 5.06. The fraction of sp³-hybridized carbons (Fsp3) is 0.846. The summed E-state index contributed by atoms with van der Waals surface area (Å²) in [4.78, 5) is 25.4. The van der Waals surface area contributed by atoms with Crippen molar-refractivity contribution >= 4 is 11.8 Å². The van der Waals surface area contributed by atoms with Crippen molar-refractivity contribution in [2.75, 3.05) is 32.8 Å². The van der Waals surface area contributed by atoms with Crippen molar-refractivity contribution in [2.24, 2.45) is 0 Å². The Morgan fingerprint density at radius 2 is 2.21 bits per heavy atom. The maximum atomic E-state index is 12.1. The molecule has 0 aromatic heterocycles. The van der Waals surface area contributed by atoms with E-state index in [9.17, 15) is 9.59 Å². The Hall–Kier alpha value is -1.14. The first-order chi connectivity index (χ1) is 9.02. The Kier molecular flexibility index (Phi) is 6.80. The highest BCUT2D eigenvalue weighted by Gasteiger charge is 2.21. The molecule has 110 valence electrons. The number of hydrogen-bond acceptors (Lipinski definition) is 4. The number of likely N-dealkylation sites (N-methyl/N-ethyl adjacent to an activating group) is 1. The molecule has 0 aromatic carbocycles. The molecule has 0 spiro atoms. The van der Waals surface area contributed by atoms with Gasteiger partial charge in [0.05, 0.1) is 19.8 Å². The number of morpholine rings is 1. The number of nitrogens with zero attached hydrogens (tertiary/aromatic N) is 1. The fourth-order valence-corrected chi connectivity index (χ4v) is 2.01. The molecule has 1 rings (SSSR count). The van der Waals surface area contributed by atoms with Crippen LogP contribution in [0.4, 0.5) is 0 Å². The molecule has 2 N–H and O–H groups in total. The first kappa shape index (κ1) is 15.9. The van der Waals surface area contributed by atoms with Crippen molar-refractivity contribution in [3.8, 4) is 0 Å². The van der Waals surface area contributed by atoms with Crippen molar-refractivity contribution in [2.45, 2.75) is 39.3 Å². The minimum absolute atomic E-state index is 0.00981. The van der Waals surface area contributed by atoms with Crippen molar-refractivity contribution in [3.63, 3.8) is 0 Å². The molecule has 1 saturated heterocycles. The van der Waals surface area contributed by atoms with Crippen LogP contribution in [0.3, 0.4) is 0 Å². The number of carbonyl (C=O) groups excluding carboxylic acids is 2. The maximum Gasteiger partial charge on any atom is 0.239 e. The topological polar surface area (TPSA) is 70.7 Å². The molecule has 0 saturated carbocycles. The van der Waals surface area contributed by atoms with Gasteiger partial charge in [-0.3, -0.25) is 9.59 Å². The number of carbonyl (C=O) groups is 2. The van der Waals surface area contributed by atoms with Crippen LogP contribution in [0, 0.1) is 0 Å². The Morgan fingerprint density at radius 1 is 1.47 bits per heavy atom. The van der Waals surface area contributed by atoms with Crippen LogP contribution in [0.15, 0.2) is 0 Å². The summed E-state index contributed by atoms with van der Waals surface area (Å²) in [6.07, 6.45) is 0.378. The van der Waals surface area contributed by atoms with Crippen molar-refractivity contribution in [1.29, 1.82) is 0 Å². The van der Waals surface area contributed by atoms with Gasteiger partial charge in [-0.15, -0.1) is 0 Å². The van der Waals surface area contributed by atoms with E-state index in [1.54, 1.807) is 4.90 Å². The van der Waals surface area contributed by atoms with Gasteiger partial charge in [-0.2, -0.15) is 0 Å². The predicted octanol–water partition coefficient (Wildman–Crippen LogP) is -0.262. The third kappa shape index (κ3) is 6.02. The van der Waals surface area contributed by atoms with Crippen LogP contribution >= 0.6 is 0 Å². The average Bonchev–Trinajstić information content (AvgIpc) is 2.36. The number of rotatable bonds is 6. The molecular formula is C13H25N3O3. The van der Waals surface area contributed by atoms with E-state index in [0.717, 1.165) is 6.54 Å². The number of nitrogens with one attached hydrogen (secondary N) is 2. The first-order valence-electron chi connectivity index (χ1n) is 6.91. The predicted molar refractivity (Wildman–Crippen MR) is 72.8 cm³/mol. The second kappa shape index (κ2) is 8.12. The SMILES string of the molecule is CCN(CC(=O)NC(C)C)C(=O)CC1COCCN1. The van der Waals surface area contributed by atoms with E-state index in [1.165, 1.54) is 0 Å². The van der Waals surface area contributed by atoms with Gasteiger partial charge in [-0.1, -0.05) is 0 Å². The standard InChI is InChI=1S/C13H25N3O3/c1-4-16(8-12(17)15-10(2)3)13(18)7-11-9-19-6-5-14-11/h10-11,14H,4-9H2,1-3H3,(H,15,17). The largest absolute Gasteiger partial charge is 0.378 e. The van der Waals surface area contributed by atoms with Gasteiger partial charge in [-0.25, -0.2) is 0 Å². The van der Waals surface area contributed by atoms with Gasteiger partial charge in [0.15, 0.2) is 0 Å². The number of ether oxygens (including phenoxy) is 1. The summed E-state index contributed by atoms with van der Waals surface area (Å²) in [6, 6.07) is 0.151. The molecule has 6 nitrogen and oxygen atoms in total. The van der Waals surface area contributed by atoms with Crippen LogP contribution in [0.1, 0.15) is 27.2 Å². The summed E-state index contributed by atoms with van der Waals surface area (Å²) >= 11 is 0. The average molecular weight is 271 g/mol. The van der Waals surface area contributed by atoms with E-state index < -0.39 is 0 Å². The van der Waals surface area contributed by atoms with Crippen molar-refractivity contribution in [1.82, 2.24) is 15.5 Å². The monoisotopic (exact) mass is 271 g/mol. The summed E-state index contributed by atoms with van der Waals surface area (Å²) in [7, 11) is 0. The van der Waals surface area contributed by atoms with Crippen molar-refractivity contribution < 1.29 is 14.3 Å². The summed E-state index contributed by atoms with van der Waals surface area (Å²) < 4.78 is 5.32. The van der Waals surface area contributed by atoms with Gasteiger partial charge in [-0.05, 0) is 20.8 Å². The molecule has 0 aromatic rings. The smallest absolute Gasteiger partial charge is 0.239 e. The minimum atomic E-state index is -0.113. The lowest BCUT2D eigenvalue weighted by atomic mass is 10.2. The molecule has 6 heteroatoms. The molecule has 1 unspecified atom stereocenters. The molecule has 1 fully saturated rings. The third-order valence-corrected chi connectivity index (χ3v) is 2.94. The van der Waals surface area contributed by atoms with Crippen LogP contribution in [0.5, 0.6) is 0 Å². The quantitative estimate of drug-likeness (QED) is 0.698. The normalized spacial score (nSPS) is 19.3. The summed E-state index contributed by atoms with van der Waals surface area (Å²) in [6.45, 7) is 8.38. The van der Waals surface area contributed by atoms with Gasteiger partial charge in [0, 0.05) is 31.6 Å². The third-order valence-electron chi connectivity index (χ3n) is 2.94. The second-order valence-corrected chi connectivity index (χ2v) is 5.06. The molecule has 0 aliphatic carbocycles.